The van der Waals surface area contributed by atoms with E-state index in [9.17, 15) is 14.4 Å². The molecule has 158 valence electrons. The summed E-state index contributed by atoms with van der Waals surface area (Å²) in [6.45, 7) is 2.31. The van der Waals surface area contributed by atoms with Gasteiger partial charge in [-0.2, -0.15) is 0 Å². The molecule has 3 rings (SSSR count). The Morgan fingerprint density at radius 1 is 0.833 bits per heavy atom. The molecule has 0 unspecified atom stereocenters. The molecule has 1 fully saturated rings. The normalized spacial score (nSPS) is 13.6. The first-order valence-electron chi connectivity index (χ1n) is 10.2. The van der Waals surface area contributed by atoms with Gasteiger partial charge in [0.05, 0.1) is 0 Å². The fraction of sp³-hybridized carbons (Fsp3) is 0.348. The van der Waals surface area contributed by atoms with Crippen LogP contribution in [0.5, 0.6) is 0 Å². The topological polar surface area (TPSA) is 78.5 Å². The van der Waals surface area contributed by atoms with Crippen LogP contribution in [0.1, 0.15) is 52.0 Å². The SMILES string of the molecule is O=C(CCNC(=O)c1ccc(Br)cc1)NCc1ccc(C(=O)N2CCCCC2)cc1. The van der Waals surface area contributed by atoms with E-state index in [1.807, 2.05) is 29.2 Å². The van der Waals surface area contributed by atoms with Crippen LogP contribution in [0.4, 0.5) is 0 Å². The second-order valence-electron chi connectivity index (χ2n) is 7.34. The van der Waals surface area contributed by atoms with Crippen molar-refractivity contribution in [2.24, 2.45) is 0 Å². The van der Waals surface area contributed by atoms with Crippen molar-refractivity contribution in [2.75, 3.05) is 19.6 Å². The summed E-state index contributed by atoms with van der Waals surface area (Å²) in [6, 6.07) is 14.4. The second kappa shape index (κ2) is 10.9. The molecule has 1 aliphatic rings. The minimum absolute atomic E-state index is 0.0757. The van der Waals surface area contributed by atoms with Crippen LogP contribution in [0.15, 0.2) is 53.0 Å². The van der Waals surface area contributed by atoms with Crippen molar-refractivity contribution >= 4 is 33.7 Å². The maximum absolute atomic E-state index is 12.5. The number of carbonyl (C=O) groups excluding carboxylic acids is 3. The molecule has 2 N–H and O–H groups in total. The summed E-state index contributed by atoms with van der Waals surface area (Å²) in [5, 5.41) is 5.58. The van der Waals surface area contributed by atoms with Gasteiger partial charge in [0.1, 0.15) is 0 Å². The molecule has 0 bridgehead atoms. The average molecular weight is 472 g/mol. The van der Waals surface area contributed by atoms with Gasteiger partial charge in [-0.15, -0.1) is 0 Å². The Balaban J connectivity index is 1.38. The monoisotopic (exact) mass is 471 g/mol. The van der Waals surface area contributed by atoms with Crippen molar-refractivity contribution in [3.63, 3.8) is 0 Å². The molecule has 0 spiro atoms. The summed E-state index contributed by atoms with van der Waals surface area (Å²) in [6.07, 6.45) is 3.53. The highest BCUT2D eigenvalue weighted by Crippen LogP contribution is 2.14. The van der Waals surface area contributed by atoms with E-state index in [0.29, 0.717) is 17.7 Å². The molecular formula is C23H26BrN3O3. The van der Waals surface area contributed by atoms with Crippen LogP contribution < -0.4 is 10.6 Å². The molecule has 2 aromatic rings. The van der Waals surface area contributed by atoms with E-state index in [0.717, 1.165) is 36.0 Å². The molecule has 1 aliphatic heterocycles. The number of nitrogens with one attached hydrogen (secondary N) is 2. The number of hydrogen-bond acceptors (Lipinski definition) is 3. The number of benzene rings is 2. The quantitative estimate of drug-likeness (QED) is 0.648. The van der Waals surface area contributed by atoms with Gasteiger partial charge < -0.3 is 15.5 Å². The van der Waals surface area contributed by atoms with Crippen molar-refractivity contribution in [3.8, 4) is 0 Å². The molecule has 7 heteroatoms. The van der Waals surface area contributed by atoms with Crippen molar-refractivity contribution in [2.45, 2.75) is 32.2 Å². The van der Waals surface area contributed by atoms with Crippen molar-refractivity contribution < 1.29 is 14.4 Å². The molecule has 0 aliphatic carbocycles. The van der Waals surface area contributed by atoms with Crippen LogP contribution in [0.2, 0.25) is 0 Å². The number of amides is 3. The number of piperidine rings is 1. The lowest BCUT2D eigenvalue weighted by molar-refractivity contribution is -0.121. The standard InChI is InChI=1S/C23H26BrN3O3/c24-20-10-8-18(9-11-20)22(29)25-13-12-21(28)26-16-17-4-6-19(7-5-17)23(30)27-14-2-1-3-15-27/h4-11H,1-3,12-16H2,(H,25,29)(H,26,28). The van der Waals surface area contributed by atoms with Gasteiger partial charge in [0.2, 0.25) is 5.91 Å². The Morgan fingerprint density at radius 2 is 1.47 bits per heavy atom. The molecule has 0 radical (unpaired) electrons. The second-order valence-corrected chi connectivity index (χ2v) is 8.25. The number of carbonyl (C=O) groups is 3. The number of likely N-dealkylation sites (tertiary alicyclic amines) is 1. The van der Waals surface area contributed by atoms with E-state index < -0.39 is 0 Å². The van der Waals surface area contributed by atoms with E-state index in [1.54, 1.807) is 24.3 Å². The number of hydrogen-bond donors (Lipinski definition) is 2. The Hall–Kier alpha value is -2.67. The van der Waals surface area contributed by atoms with Gasteiger partial charge in [0.15, 0.2) is 0 Å². The molecule has 3 amide bonds. The van der Waals surface area contributed by atoms with Gasteiger partial charge in [-0.3, -0.25) is 14.4 Å². The molecule has 0 aromatic heterocycles. The van der Waals surface area contributed by atoms with E-state index in [2.05, 4.69) is 26.6 Å². The lowest BCUT2D eigenvalue weighted by Gasteiger charge is -2.26. The Bertz CT molecular complexity index is 876. The van der Waals surface area contributed by atoms with Crippen LogP contribution >= 0.6 is 15.9 Å². The summed E-state index contributed by atoms with van der Waals surface area (Å²) < 4.78 is 0.905. The fourth-order valence-electron chi connectivity index (χ4n) is 3.33. The maximum Gasteiger partial charge on any atom is 0.253 e. The molecule has 2 aromatic carbocycles. The first-order valence-corrected chi connectivity index (χ1v) is 11.0. The van der Waals surface area contributed by atoms with Crippen LogP contribution in [0, 0.1) is 0 Å². The van der Waals surface area contributed by atoms with Crippen molar-refractivity contribution in [1.82, 2.24) is 15.5 Å². The summed E-state index contributed by atoms with van der Waals surface area (Å²) in [5.41, 5.74) is 2.16. The largest absolute Gasteiger partial charge is 0.352 e. The lowest BCUT2D eigenvalue weighted by Crippen LogP contribution is -2.35. The maximum atomic E-state index is 12.5. The number of nitrogens with zero attached hydrogens (tertiary/aromatic N) is 1. The third-order valence-electron chi connectivity index (χ3n) is 5.08. The van der Waals surface area contributed by atoms with Gasteiger partial charge in [-0.05, 0) is 61.2 Å². The zero-order chi connectivity index (χ0) is 21.3. The first kappa shape index (κ1) is 22.0. The van der Waals surface area contributed by atoms with Gasteiger partial charge in [0.25, 0.3) is 11.8 Å². The molecule has 30 heavy (non-hydrogen) atoms. The third-order valence-corrected chi connectivity index (χ3v) is 5.61. The predicted octanol–water partition coefficient (Wildman–Crippen LogP) is 3.51. The van der Waals surface area contributed by atoms with Gasteiger partial charge in [-0.25, -0.2) is 0 Å². The minimum Gasteiger partial charge on any atom is -0.352 e. The van der Waals surface area contributed by atoms with Gasteiger partial charge >= 0.3 is 0 Å². The van der Waals surface area contributed by atoms with Crippen LogP contribution in [-0.2, 0) is 11.3 Å². The van der Waals surface area contributed by atoms with E-state index in [4.69, 9.17) is 0 Å². The highest BCUT2D eigenvalue weighted by Gasteiger charge is 2.17. The van der Waals surface area contributed by atoms with E-state index >= 15 is 0 Å². The van der Waals surface area contributed by atoms with Gasteiger partial charge in [-0.1, -0.05) is 28.1 Å². The molecule has 6 nitrogen and oxygen atoms in total. The zero-order valence-electron chi connectivity index (χ0n) is 16.8. The predicted molar refractivity (Wildman–Crippen MR) is 119 cm³/mol. The molecule has 1 heterocycles. The fourth-order valence-corrected chi connectivity index (χ4v) is 3.59. The Morgan fingerprint density at radius 3 is 2.13 bits per heavy atom. The summed E-state index contributed by atoms with van der Waals surface area (Å²) in [7, 11) is 0. The molecule has 1 saturated heterocycles. The van der Waals surface area contributed by atoms with Crippen LogP contribution in [0.3, 0.4) is 0 Å². The molecule has 0 saturated carbocycles. The number of rotatable bonds is 7. The summed E-state index contributed by atoms with van der Waals surface area (Å²) >= 11 is 3.33. The smallest absolute Gasteiger partial charge is 0.253 e. The number of halogens is 1. The van der Waals surface area contributed by atoms with E-state index in [1.165, 1.54) is 6.42 Å². The summed E-state index contributed by atoms with van der Waals surface area (Å²) in [4.78, 5) is 38.5. The lowest BCUT2D eigenvalue weighted by atomic mass is 10.1. The Labute approximate surface area is 185 Å². The van der Waals surface area contributed by atoms with Crippen molar-refractivity contribution in [3.05, 3.63) is 69.7 Å². The average Bonchev–Trinajstić information content (AvgIpc) is 2.78. The minimum atomic E-state index is -0.204. The highest BCUT2D eigenvalue weighted by molar-refractivity contribution is 9.10. The molecule has 0 atom stereocenters. The van der Waals surface area contributed by atoms with Gasteiger partial charge in [0, 0.05) is 48.2 Å². The van der Waals surface area contributed by atoms with Crippen molar-refractivity contribution in [1.29, 1.82) is 0 Å². The first-order chi connectivity index (χ1) is 14.5. The Kier molecular flexibility index (Phi) is 8.02. The zero-order valence-corrected chi connectivity index (χ0v) is 18.4. The van der Waals surface area contributed by atoms with Crippen LogP contribution in [0.25, 0.3) is 0 Å². The van der Waals surface area contributed by atoms with E-state index in [-0.39, 0.29) is 30.7 Å². The third kappa shape index (κ3) is 6.42. The molecular weight excluding hydrogens is 446 g/mol. The van der Waals surface area contributed by atoms with Crippen LogP contribution in [-0.4, -0.2) is 42.3 Å². The summed E-state index contributed by atoms with van der Waals surface area (Å²) in [5.74, 6) is -0.268. The highest BCUT2D eigenvalue weighted by atomic mass is 79.9.